The molecule has 0 aliphatic heterocycles. The topological polar surface area (TPSA) is 39.7 Å². The monoisotopic (exact) mass is 341 g/mol. The third kappa shape index (κ3) is 3.66. The minimum absolute atomic E-state index is 0.204. The van der Waals surface area contributed by atoms with E-state index in [-0.39, 0.29) is 6.04 Å². The molecule has 0 aliphatic rings. The number of methoxy groups -OCH3 is 3. The van der Waals surface area contributed by atoms with Crippen molar-refractivity contribution in [1.82, 2.24) is 5.32 Å². The van der Waals surface area contributed by atoms with Gasteiger partial charge in [0.25, 0.3) is 0 Å². The first-order valence-corrected chi connectivity index (χ1v) is 8.06. The van der Waals surface area contributed by atoms with Gasteiger partial charge in [-0.1, -0.05) is 17.7 Å². The largest absolute Gasteiger partial charge is 0.493 e. The van der Waals surface area contributed by atoms with Crippen molar-refractivity contribution >= 4 is 22.9 Å². The Morgan fingerprint density at radius 2 is 1.77 bits per heavy atom. The highest BCUT2D eigenvalue weighted by molar-refractivity contribution is 7.16. The summed E-state index contributed by atoms with van der Waals surface area (Å²) >= 11 is 7.56. The molecule has 1 aromatic heterocycles. The van der Waals surface area contributed by atoms with Gasteiger partial charge in [0, 0.05) is 23.0 Å². The third-order valence-corrected chi connectivity index (χ3v) is 4.82. The smallest absolute Gasteiger partial charge is 0.203 e. The van der Waals surface area contributed by atoms with Gasteiger partial charge in [0.1, 0.15) is 0 Å². The van der Waals surface area contributed by atoms with E-state index in [0.29, 0.717) is 23.8 Å². The molecule has 0 spiro atoms. The third-order valence-electron chi connectivity index (χ3n) is 3.41. The van der Waals surface area contributed by atoms with Gasteiger partial charge in [-0.3, -0.25) is 0 Å². The van der Waals surface area contributed by atoms with Crippen LogP contribution in [0.1, 0.15) is 23.4 Å². The van der Waals surface area contributed by atoms with E-state index in [1.165, 1.54) is 4.88 Å². The summed E-state index contributed by atoms with van der Waals surface area (Å²) in [4.78, 5) is 1.20. The minimum Gasteiger partial charge on any atom is -0.493 e. The molecule has 6 heteroatoms. The van der Waals surface area contributed by atoms with Gasteiger partial charge >= 0.3 is 0 Å². The number of rotatable bonds is 7. The van der Waals surface area contributed by atoms with E-state index in [2.05, 4.69) is 12.2 Å². The Balaban J connectivity index is 2.15. The lowest BCUT2D eigenvalue weighted by Gasteiger charge is -2.18. The van der Waals surface area contributed by atoms with E-state index < -0.39 is 0 Å². The molecule has 120 valence electrons. The number of hydrogen-bond acceptors (Lipinski definition) is 5. The molecule has 0 fully saturated rings. The average molecular weight is 342 g/mol. The fourth-order valence-electron chi connectivity index (χ4n) is 2.23. The van der Waals surface area contributed by atoms with Gasteiger partial charge in [0.2, 0.25) is 5.75 Å². The molecular weight excluding hydrogens is 322 g/mol. The summed E-state index contributed by atoms with van der Waals surface area (Å²) in [5.41, 5.74) is 1.01. The summed E-state index contributed by atoms with van der Waals surface area (Å²) in [5.74, 6) is 1.95. The molecule has 0 aliphatic carbocycles. The Labute approximate surface area is 140 Å². The van der Waals surface area contributed by atoms with Crippen molar-refractivity contribution in [3.8, 4) is 17.2 Å². The van der Waals surface area contributed by atoms with Crippen molar-refractivity contribution in [3.63, 3.8) is 0 Å². The second kappa shape index (κ2) is 7.72. The molecule has 2 rings (SSSR count). The van der Waals surface area contributed by atoms with Gasteiger partial charge in [-0.25, -0.2) is 0 Å². The van der Waals surface area contributed by atoms with Crippen LogP contribution in [0.15, 0.2) is 24.3 Å². The molecule has 1 aromatic carbocycles. The maximum Gasteiger partial charge on any atom is 0.203 e. The molecule has 0 bridgehead atoms. The Hall–Kier alpha value is -1.43. The minimum atomic E-state index is 0.204. The first-order chi connectivity index (χ1) is 10.6. The SMILES string of the molecule is COc1ccc(CN[C@@H](C)c2ccc(Cl)s2)c(OC)c1OC. The van der Waals surface area contributed by atoms with Crippen LogP contribution in [0.25, 0.3) is 0 Å². The van der Waals surface area contributed by atoms with Crippen molar-refractivity contribution < 1.29 is 14.2 Å². The van der Waals surface area contributed by atoms with Crippen LogP contribution >= 0.6 is 22.9 Å². The van der Waals surface area contributed by atoms with Crippen molar-refractivity contribution in [1.29, 1.82) is 0 Å². The summed E-state index contributed by atoms with van der Waals surface area (Å²) in [6.07, 6.45) is 0. The van der Waals surface area contributed by atoms with E-state index in [9.17, 15) is 0 Å². The molecule has 0 unspecified atom stereocenters. The number of ether oxygens (including phenoxy) is 3. The van der Waals surface area contributed by atoms with Crippen LogP contribution < -0.4 is 19.5 Å². The predicted molar refractivity (Wildman–Crippen MR) is 90.7 cm³/mol. The standard InChI is InChI=1S/C16H20ClNO3S/c1-10(13-7-8-14(17)22-13)18-9-11-5-6-12(19-2)16(21-4)15(11)20-3/h5-8,10,18H,9H2,1-4H3/t10-/m0/s1. The van der Waals surface area contributed by atoms with E-state index in [4.69, 9.17) is 25.8 Å². The fraction of sp³-hybridized carbons (Fsp3) is 0.375. The fourth-order valence-corrected chi connectivity index (χ4v) is 3.31. The van der Waals surface area contributed by atoms with Gasteiger partial charge in [0.15, 0.2) is 11.5 Å². The Bertz CT molecular complexity index is 630. The normalized spacial score (nSPS) is 12.0. The van der Waals surface area contributed by atoms with Gasteiger partial charge in [-0.05, 0) is 25.1 Å². The van der Waals surface area contributed by atoms with Crippen molar-refractivity contribution in [3.05, 3.63) is 39.0 Å². The highest BCUT2D eigenvalue weighted by Crippen LogP contribution is 2.40. The van der Waals surface area contributed by atoms with Crippen LogP contribution in [0, 0.1) is 0 Å². The van der Waals surface area contributed by atoms with E-state index in [1.807, 2.05) is 24.3 Å². The Kier molecular flexibility index (Phi) is 5.94. The number of halogens is 1. The zero-order valence-electron chi connectivity index (χ0n) is 13.1. The van der Waals surface area contributed by atoms with Crippen LogP contribution in [0.3, 0.4) is 0 Å². The first kappa shape index (κ1) is 16.9. The van der Waals surface area contributed by atoms with E-state index in [1.54, 1.807) is 32.7 Å². The molecule has 0 saturated carbocycles. The van der Waals surface area contributed by atoms with Crippen LogP contribution in [0.5, 0.6) is 17.2 Å². The first-order valence-electron chi connectivity index (χ1n) is 6.87. The van der Waals surface area contributed by atoms with Gasteiger partial charge < -0.3 is 19.5 Å². The summed E-state index contributed by atoms with van der Waals surface area (Å²) in [6.45, 7) is 2.76. The molecule has 4 nitrogen and oxygen atoms in total. The highest BCUT2D eigenvalue weighted by Gasteiger charge is 2.16. The van der Waals surface area contributed by atoms with Crippen molar-refractivity contribution in [2.24, 2.45) is 0 Å². The maximum atomic E-state index is 5.98. The Morgan fingerprint density at radius 1 is 1.05 bits per heavy atom. The molecule has 2 aromatic rings. The van der Waals surface area contributed by atoms with Crippen LogP contribution in [0.4, 0.5) is 0 Å². The lowest BCUT2D eigenvalue weighted by molar-refractivity contribution is 0.321. The Morgan fingerprint density at radius 3 is 2.32 bits per heavy atom. The molecule has 0 amide bonds. The zero-order valence-corrected chi connectivity index (χ0v) is 14.7. The van der Waals surface area contributed by atoms with Crippen LogP contribution in [-0.4, -0.2) is 21.3 Å². The summed E-state index contributed by atoms with van der Waals surface area (Å²) in [5, 5.41) is 3.47. The van der Waals surface area contributed by atoms with E-state index >= 15 is 0 Å². The lowest BCUT2D eigenvalue weighted by atomic mass is 10.1. The van der Waals surface area contributed by atoms with Gasteiger partial charge in [0.05, 0.1) is 25.7 Å². The molecule has 0 saturated heterocycles. The summed E-state index contributed by atoms with van der Waals surface area (Å²) in [6, 6.07) is 8.01. The van der Waals surface area contributed by atoms with E-state index in [0.717, 1.165) is 9.90 Å². The molecule has 0 radical (unpaired) electrons. The highest BCUT2D eigenvalue weighted by atomic mass is 35.5. The molecule has 1 N–H and O–H groups in total. The van der Waals surface area contributed by atoms with Crippen molar-refractivity contribution in [2.45, 2.75) is 19.5 Å². The summed E-state index contributed by atoms with van der Waals surface area (Å²) < 4.78 is 17.0. The van der Waals surface area contributed by atoms with Crippen molar-refractivity contribution in [2.75, 3.05) is 21.3 Å². The molecule has 1 heterocycles. The average Bonchev–Trinajstić information content (AvgIpc) is 2.97. The number of nitrogens with one attached hydrogen (secondary N) is 1. The van der Waals surface area contributed by atoms with Crippen LogP contribution in [-0.2, 0) is 6.54 Å². The molecule has 1 atom stereocenters. The quantitative estimate of drug-likeness (QED) is 0.816. The molecule has 22 heavy (non-hydrogen) atoms. The number of thiophene rings is 1. The zero-order chi connectivity index (χ0) is 16.1. The maximum absolute atomic E-state index is 5.98. The number of hydrogen-bond donors (Lipinski definition) is 1. The lowest BCUT2D eigenvalue weighted by Crippen LogP contribution is -2.17. The van der Waals surface area contributed by atoms with Crippen LogP contribution in [0.2, 0.25) is 4.34 Å². The summed E-state index contributed by atoms with van der Waals surface area (Å²) in [7, 11) is 4.84. The van der Waals surface area contributed by atoms with Gasteiger partial charge in [-0.2, -0.15) is 0 Å². The number of benzene rings is 1. The second-order valence-corrected chi connectivity index (χ2v) is 6.48. The second-order valence-electron chi connectivity index (χ2n) is 4.74. The van der Waals surface area contributed by atoms with Gasteiger partial charge in [-0.15, -0.1) is 11.3 Å². The predicted octanol–water partition coefficient (Wildman–Crippen LogP) is 4.28. The molecular formula is C16H20ClNO3S.